The molecular weight excluding hydrogens is 573 g/mol. The van der Waals surface area contributed by atoms with E-state index in [0.29, 0.717) is 0 Å². The van der Waals surface area contributed by atoms with Crippen molar-refractivity contribution in [1.29, 1.82) is 0 Å². The number of para-hydroxylation sites is 1. The number of nitrogens with zero attached hydrogens (tertiary/aromatic N) is 4. The Hall–Kier alpha value is -5.74. The Morgan fingerprint density at radius 2 is 1.17 bits per heavy atom. The molecule has 0 aliphatic carbocycles. The molecule has 3 aromatic heterocycles. The molecule has 47 heavy (non-hydrogen) atoms. The number of hydrogen-bond acceptors (Lipinski definition) is 2. The summed E-state index contributed by atoms with van der Waals surface area (Å²) in [7, 11) is 0. The summed E-state index contributed by atoms with van der Waals surface area (Å²) >= 11 is 0. The molecule has 0 aliphatic heterocycles. The van der Waals surface area contributed by atoms with Crippen LogP contribution in [0.2, 0.25) is 0 Å². The van der Waals surface area contributed by atoms with E-state index in [2.05, 4.69) is 170 Å². The largest absolute Gasteiger partial charge is 0.309 e. The second kappa shape index (κ2) is 11.3. The van der Waals surface area contributed by atoms with Gasteiger partial charge in [-0.25, -0.2) is 4.68 Å². The first-order valence-electron chi connectivity index (χ1n) is 16.2. The molecule has 4 heteroatoms. The number of fused-ring (bicyclic) bond motifs is 3. The molecule has 0 unspecified atom stereocenters. The van der Waals surface area contributed by atoms with Crippen molar-refractivity contribution in [2.75, 3.05) is 0 Å². The Morgan fingerprint density at radius 3 is 1.87 bits per heavy atom. The second-order valence-electron chi connectivity index (χ2n) is 13.2. The molecule has 0 radical (unpaired) electrons. The molecule has 8 aromatic rings. The molecule has 8 rings (SSSR count). The van der Waals surface area contributed by atoms with Crippen molar-refractivity contribution < 1.29 is 0 Å². The minimum Gasteiger partial charge on any atom is -0.309 e. The molecule has 0 fully saturated rings. The molecule has 0 saturated carbocycles. The fourth-order valence-corrected chi connectivity index (χ4v) is 7.10. The van der Waals surface area contributed by atoms with Gasteiger partial charge >= 0.3 is 0 Å². The van der Waals surface area contributed by atoms with E-state index in [9.17, 15) is 0 Å². The topological polar surface area (TPSA) is 35.6 Å². The van der Waals surface area contributed by atoms with Crippen molar-refractivity contribution in [3.8, 4) is 11.4 Å². The molecule has 228 valence electrons. The monoisotopic (exact) mass is 608 g/mol. The Morgan fingerprint density at radius 1 is 0.489 bits per heavy atom. The van der Waals surface area contributed by atoms with Crippen LogP contribution in [-0.4, -0.2) is 19.3 Å². The van der Waals surface area contributed by atoms with Gasteiger partial charge in [0.1, 0.15) is 0 Å². The average Bonchev–Trinajstić information content (AvgIpc) is 3.76. The number of hydrogen-bond donors (Lipinski definition) is 0. The molecule has 0 saturated heterocycles. The Bertz CT molecular complexity index is 2290. The van der Waals surface area contributed by atoms with Gasteiger partial charge in [0.25, 0.3) is 0 Å². The van der Waals surface area contributed by atoms with Gasteiger partial charge < -0.3 is 4.57 Å². The van der Waals surface area contributed by atoms with E-state index in [0.717, 1.165) is 33.7 Å². The number of pyridine rings is 1. The molecule has 0 amide bonds. The van der Waals surface area contributed by atoms with Crippen LogP contribution in [0.15, 0.2) is 164 Å². The fourth-order valence-electron chi connectivity index (χ4n) is 7.10. The molecule has 3 heterocycles. The maximum Gasteiger partial charge on any atom is 0.0874 e. The van der Waals surface area contributed by atoms with Crippen molar-refractivity contribution in [2.45, 2.75) is 31.6 Å². The van der Waals surface area contributed by atoms with Crippen LogP contribution in [0.3, 0.4) is 0 Å². The summed E-state index contributed by atoms with van der Waals surface area (Å²) in [5, 5.41) is 6.95. The summed E-state index contributed by atoms with van der Waals surface area (Å²) in [6.07, 6.45) is 5.78. The minimum atomic E-state index is -0.668. The third kappa shape index (κ3) is 4.76. The summed E-state index contributed by atoms with van der Waals surface area (Å²) in [5.41, 5.74) is 9.46. The van der Waals surface area contributed by atoms with E-state index >= 15 is 0 Å². The Kier molecular flexibility index (Phi) is 6.87. The standard InChI is InChI=1S/C43H36N4/c1-42(2,3)33-24-26-44-41(29-33)43(31-14-6-4-7-15-31,32-16-8-5-9-17-32)34-18-12-19-36(28-34)47-39-21-11-10-20-37(39)38-23-22-35(30-40(38)47)46-27-13-25-45-46/h4-30H,1-3H3. The molecule has 0 bridgehead atoms. The number of rotatable bonds is 6. The van der Waals surface area contributed by atoms with Crippen LogP contribution < -0.4 is 0 Å². The van der Waals surface area contributed by atoms with E-state index in [1.165, 1.54) is 27.5 Å². The summed E-state index contributed by atoms with van der Waals surface area (Å²) < 4.78 is 4.31. The lowest BCUT2D eigenvalue weighted by Crippen LogP contribution is -2.32. The fraction of sp³-hybridized carbons (Fsp3) is 0.116. The average molecular weight is 609 g/mol. The van der Waals surface area contributed by atoms with Gasteiger partial charge in [-0.3, -0.25) is 4.98 Å². The highest BCUT2D eigenvalue weighted by atomic mass is 15.3. The normalized spacial score (nSPS) is 12.1. The van der Waals surface area contributed by atoms with E-state index in [1.807, 2.05) is 29.3 Å². The van der Waals surface area contributed by atoms with Crippen molar-refractivity contribution >= 4 is 21.8 Å². The Balaban J connectivity index is 1.45. The Labute approximate surface area is 275 Å². The highest BCUT2D eigenvalue weighted by Crippen LogP contribution is 2.46. The van der Waals surface area contributed by atoms with E-state index in [-0.39, 0.29) is 5.41 Å². The van der Waals surface area contributed by atoms with Crippen molar-refractivity contribution in [3.63, 3.8) is 0 Å². The van der Waals surface area contributed by atoms with Gasteiger partial charge in [0.05, 0.1) is 27.8 Å². The maximum atomic E-state index is 5.17. The predicted octanol–water partition coefficient (Wildman–Crippen LogP) is 10.0. The van der Waals surface area contributed by atoms with Crippen molar-refractivity contribution in [2.24, 2.45) is 0 Å². The number of benzene rings is 5. The maximum absolute atomic E-state index is 5.17. The lowest BCUT2D eigenvalue weighted by atomic mass is 9.66. The third-order valence-electron chi connectivity index (χ3n) is 9.39. The first kappa shape index (κ1) is 28.7. The van der Waals surface area contributed by atoms with Crippen LogP contribution >= 0.6 is 0 Å². The van der Waals surface area contributed by atoms with Crippen LogP contribution in [-0.2, 0) is 10.8 Å². The van der Waals surface area contributed by atoms with Gasteiger partial charge in [-0.2, -0.15) is 5.10 Å². The molecule has 0 aliphatic rings. The summed E-state index contributed by atoms with van der Waals surface area (Å²) in [4.78, 5) is 5.17. The van der Waals surface area contributed by atoms with Crippen LogP contribution in [0.5, 0.6) is 0 Å². The van der Waals surface area contributed by atoms with Crippen LogP contribution in [0.4, 0.5) is 0 Å². The zero-order valence-corrected chi connectivity index (χ0v) is 26.9. The van der Waals surface area contributed by atoms with E-state index < -0.39 is 5.41 Å². The molecule has 4 nitrogen and oxygen atoms in total. The van der Waals surface area contributed by atoms with Crippen LogP contribution in [0, 0.1) is 0 Å². The lowest BCUT2D eigenvalue weighted by Gasteiger charge is -2.36. The van der Waals surface area contributed by atoms with Gasteiger partial charge in [0.2, 0.25) is 0 Å². The molecule has 0 atom stereocenters. The smallest absolute Gasteiger partial charge is 0.0874 e. The van der Waals surface area contributed by atoms with Gasteiger partial charge in [-0.1, -0.05) is 118 Å². The van der Waals surface area contributed by atoms with Crippen LogP contribution in [0.1, 0.15) is 48.7 Å². The molecule has 0 N–H and O–H groups in total. The number of aromatic nitrogens is 4. The second-order valence-corrected chi connectivity index (χ2v) is 13.2. The van der Waals surface area contributed by atoms with Gasteiger partial charge in [0, 0.05) is 35.1 Å². The summed E-state index contributed by atoms with van der Waals surface area (Å²) in [6.45, 7) is 6.79. The summed E-state index contributed by atoms with van der Waals surface area (Å²) in [6, 6.07) is 52.4. The van der Waals surface area contributed by atoms with E-state index in [1.54, 1.807) is 0 Å². The van der Waals surface area contributed by atoms with Crippen molar-refractivity contribution in [3.05, 3.63) is 192 Å². The lowest BCUT2D eigenvalue weighted by molar-refractivity contribution is 0.584. The molecular formula is C43H36N4. The highest BCUT2D eigenvalue weighted by molar-refractivity contribution is 6.09. The zero-order chi connectivity index (χ0) is 32.0. The quantitative estimate of drug-likeness (QED) is 0.176. The molecule has 0 spiro atoms. The predicted molar refractivity (Wildman–Crippen MR) is 193 cm³/mol. The van der Waals surface area contributed by atoms with Gasteiger partial charge in [-0.15, -0.1) is 0 Å². The van der Waals surface area contributed by atoms with Crippen LogP contribution in [0.25, 0.3) is 33.2 Å². The summed E-state index contributed by atoms with van der Waals surface area (Å²) in [5.74, 6) is 0. The zero-order valence-electron chi connectivity index (χ0n) is 26.9. The first-order chi connectivity index (χ1) is 22.9. The SMILES string of the molecule is CC(C)(C)c1ccnc(C(c2ccccc2)(c2ccccc2)c2cccc(-n3c4ccccc4c4ccc(-n5cccn5)cc43)c2)c1. The highest BCUT2D eigenvalue weighted by Gasteiger charge is 2.40. The molecule has 5 aromatic carbocycles. The third-order valence-corrected chi connectivity index (χ3v) is 9.39. The van der Waals surface area contributed by atoms with Gasteiger partial charge in [-0.05, 0) is 76.2 Å². The minimum absolute atomic E-state index is 0.0338. The van der Waals surface area contributed by atoms with E-state index in [4.69, 9.17) is 4.98 Å². The first-order valence-corrected chi connectivity index (χ1v) is 16.2. The van der Waals surface area contributed by atoms with Gasteiger partial charge in [0.15, 0.2) is 0 Å². The van der Waals surface area contributed by atoms with Crippen molar-refractivity contribution in [1.82, 2.24) is 19.3 Å².